The molecule has 0 saturated heterocycles. The smallest absolute Gasteiger partial charge is 0.266 e. The first-order valence-electron chi connectivity index (χ1n) is 9.42. The van der Waals surface area contributed by atoms with E-state index in [1.807, 2.05) is 54.6 Å². The van der Waals surface area contributed by atoms with Crippen LogP contribution in [0.4, 0.5) is 5.69 Å². The van der Waals surface area contributed by atoms with Gasteiger partial charge in [-0.05, 0) is 36.4 Å². The predicted molar refractivity (Wildman–Crippen MR) is 124 cm³/mol. The average Bonchev–Trinajstić information content (AvgIpc) is 3.28. The Hall–Kier alpha value is -3.56. The van der Waals surface area contributed by atoms with Gasteiger partial charge >= 0.3 is 0 Å². The molecule has 1 N–H and O–H groups in total. The number of fused-ring (bicyclic) bond motifs is 2. The molecule has 0 fully saturated rings. The molecule has 0 bridgehead atoms. The summed E-state index contributed by atoms with van der Waals surface area (Å²) in [6.07, 6.45) is 0. The van der Waals surface area contributed by atoms with Crippen molar-refractivity contribution in [3.8, 4) is 5.69 Å². The van der Waals surface area contributed by atoms with Crippen molar-refractivity contribution in [1.29, 1.82) is 0 Å². The maximum absolute atomic E-state index is 13.2. The van der Waals surface area contributed by atoms with Gasteiger partial charge in [0, 0.05) is 0 Å². The first-order chi connectivity index (χ1) is 15.2. The topological polar surface area (TPSA) is 89.8 Å². The van der Waals surface area contributed by atoms with Crippen LogP contribution in [-0.4, -0.2) is 30.0 Å². The maximum Gasteiger partial charge on any atom is 0.266 e. The molecule has 0 aliphatic heterocycles. The number of nitrogens with zero attached hydrogens (tertiary/aromatic N) is 4. The Bertz CT molecular complexity index is 1460. The quantitative estimate of drug-likeness (QED) is 0.323. The van der Waals surface area contributed by atoms with Crippen LogP contribution in [0.3, 0.4) is 0 Å². The van der Waals surface area contributed by atoms with Crippen LogP contribution in [-0.2, 0) is 4.79 Å². The molecule has 7 nitrogen and oxygen atoms in total. The minimum Gasteiger partial charge on any atom is -0.323 e. The number of anilines is 1. The molecule has 0 unspecified atom stereocenters. The number of carbonyl (C=O) groups excluding carboxylic acids is 1. The number of rotatable bonds is 5. The highest BCUT2D eigenvalue weighted by Crippen LogP contribution is 2.24. The summed E-state index contributed by atoms with van der Waals surface area (Å²) in [7, 11) is 0. The SMILES string of the molecule is O=C(CSc1nc2ccccc2c(=O)n1-c1ccccc1)Nc1cccc2nsnc12. The fraction of sp³-hybridized carbons (Fsp3) is 0.0455. The number of benzene rings is 3. The lowest BCUT2D eigenvalue weighted by Crippen LogP contribution is -2.23. The largest absolute Gasteiger partial charge is 0.323 e. The van der Waals surface area contributed by atoms with E-state index in [0.717, 1.165) is 17.2 Å². The van der Waals surface area contributed by atoms with E-state index < -0.39 is 0 Å². The molecule has 152 valence electrons. The number of thioether (sulfide) groups is 1. The molecular weight excluding hydrogens is 430 g/mol. The van der Waals surface area contributed by atoms with Gasteiger partial charge in [0.15, 0.2) is 5.16 Å². The lowest BCUT2D eigenvalue weighted by molar-refractivity contribution is -0.113. The predicted octanol–water partition coefficient (Wildman–Crippen LogP) is 4.12. The van der Waals surface area contributed by atoms with Crippen LogP contribution in [0.5, 0.6) is 0 Å². The van der Waals surface area contributed by atoms with Gasteiger partial charge in [0.25, 0.3) is 5.56 Å². The molecular formula is C22H15N5O2S2. The van der Waals surface area contributed by atoms with Crippen molar-refractivity contribution in [3.63, 3.8) is 0 Å². The average molecular weight is 446 g/mol. The van der Waals surface area contributed by atoms with E-state index in [4.69, 9.17) is 0 Å². The minimum absolute atomic E-state index is 0.0889. The van der Waals surface area contributed by atoms with E-state index >= 15 is 0 Å². The molecule has 5 rings (SSSR count). The van der Waals surface area contributed by atoms with Gasteiger partial charge in [-0.25, -0.2) is 4.98 Å². The molecule has 0 aliphatic carbocycles. The summed E-state index contributed by atoms with van der Waals surface area (Å²) in [6.45, 7) is 0. The third-order valence-corrected chi connectivity index (χ3v) is 6.13. The lowest BCUT2D eigenvalue weighted by atomic mass is 10.2. The molecule has 9 heteroatoms. The highest BCUT2D eigenvalue weighted by atomic mass is 32.2. The van der Waals surface area contributed by atoms with Crippen LogP contribution in [0, 0.1) is 0 Å². The number of carbonyl (C=O) groups is 1. The van der Waals surface area contributed by atoms with Gasteiger partial charge in [-0.1, -0.05) is 48.2 Å². The first kappa shape index (κ1) is 19.4. The molecule has 0 radical (unpaired) electrons. The Kier molecular flexibility index (Phi) is 5.19. The van der Waals surface area contributed by atoms with Gasteiger partial charge in [0.1, 0.15) is 11.0 Å². The summed E-state index contributed by atoms with van der Waals surface area (Å²) in [4.78, 5) is 30.5. The van der Waals surface area contributed by atoms with Crippen molar-refractivity contribution in [1.82, 2.24) is 18.3 Å². The Labute approximate surface area is 185 Å². The lowest BCUT2D eigenvalue weighted by Gasteiger charge is -2.13. The molecule has 5 aromatic rings. The summed E-state index contributed by atoms with van der Waals surface area (Å²) >= 11 is 2.31. The van der Waals surface area contributed by atoms with Gasteiger partial charge in [0.05, 0.1) is 39.8 Å². The highest BCUT2D eigenvalue weighted by molar-refractivity contribution is 7.99. The van der Waals surface area contributed by atoms with Crippen molar-refractivity contribution in [2.45, 2.75) is 5.16 Å². The van der Waals surface area contributed by atoms with Crippen LogP contribution >= 0.6 is 23.5 Å². The highest BCUT2D eigenvalue weighted by Gasteiger charge is 2.15. The fourth-order valence-corrected chi connectivity index (χ4v) is 4.60. The monoisotopic (exact) mass is 445 g/mol. The van der Waals surface area contributed by atoms with Gasteiger partial charge in [-0.15, -0.1) is 0 Å². The molecule has 3 aromatic carbocycles. The van der Waals surface area contributed by atoms with E-state index in [9.17, 15) is 9.59 Å². The second-order valence-electron chi connectivity index (χ2n) is 6.66. The molecule has 31 heavy (non-hydrogen) atoms. The maximum atomic E-state index is 13.2. The molecule has 0 spiro atoms. The normalized spacial score (nSPS) is 11.1. The molecule has 0 saturated carbocycles. The van der Waals surface area contributed by atoms with E-state index in [2.05, 4.69) is 19.0 Å². The van der Waals surface area contributed by atoms with E-state index in [0.29, 0.717) is 33.0 Å². The van der Waals surface area contributed by atoms with E-state index in [1.54, 1.807) is 22.8 Å². The minimum atomic E-state index is -0.215. The van der Waals surface area contributed by atoms with Crippen molar-refractivity contribution < 1.29 is 4.79 Å². The van der Waals surface area contributed by atoms with Crippen molar-refractivity contribution in [3.05, 3.63) is 83.2 Å². The third-order valence-electron chi connectivity index (χ3n) is 4.65. The van der Waals surface area contributed by atoms with Crippen molar-refractivity contribution in [2.75, 3.05) is 11.1 Å². The number of nitrogens with one attached hydrogen (secondary N) is 1. The number of hydrogen-bond acceptors (Lipinski definition) is 7. The second kappa shape index (κ2) is 8.29. The van der Waals surface area contributed by atoms with Crippen LogP contribution in [0.1, 0.15) is 0 Å². The van der Waals surface area contributed by atoms with E-state index in [-0.39, 0.29) is 17.2 Å². The van der Waals surface area contributed by atoms with Gasteiger partial charge in [0.2, 0.25) is 5.91 Å². The summed E-state index contributed by atoms with van der Waals surface area (Å²) < 4.78 is 9.98. The molecule has 1 amide bonds. The Morgan fingerprint density at radius 3 is 2.58 bits per heavy atom. The van der Waals surface area contributed by atoms with Gasteiger partial charge in [-0.2, -0.15) is 8.75 Å². The number of hydrogen-bond donors (Lipinski definition) is 1. The Morgan fingerprint density at radius 2 is 1.71 bits per heavy atom. The zero-order valence-corrected chi connectivity index (χ0v) is 17.7. The number of para-hydroxylation sites is 2. The fourth-order valence-electron chi connectivity index (χ4n) is 3.24. The summed E-state index contributed by atoms with van der Waals surface area (Å²) in [5.41, 5.74) is 3.15. The first-order valence-corrected chi connectivity index (χ1v) is 11.1. The van der Waals surface area contributed by atoms with E-state index in [1.165, 1.54) is 11.8 Å². The Balaban J connectivity index is 1.46. The van der Waals surface area contributed by atoms with Crippen LogP contribution in [0.2, 0.25) is 0 Å². The zero-order chi connectivity index (χ0) is 21.2. The Morgan fingerprint density at radius 1 is 0.935 bits per heavy atom. The van der Waals surface area contributed by atoms with Crippen LogP contribution < -0.4 is 10.9 Å². The van der Waals surface area contributed by atoms with Crippen LogP contribution in [0.25, 0.3) is 27.6 Å². The number of amides is 1. The zero-order valence-electron chi connectivity index (χ0n) is 16.1. The molecule has 2 heterocycles. The van der Waals surface area contributed by atoms with Crippen molar-refractivity contribution >= 4 is 57.0 Å². The third kappa shape index (κ3) is 3.80. The number of aromatic nitrogens is 4. The summed E-state index contributed by atoms with van der Waals surface area (Å²) in [5, 5.41) is 3.87. The molecule has 0 atom stereocenters. The summed E-state index contributed by atoms with van der Waals surface area (Å²) in [5.74, 6) is -0.126. The van der Waals surface area contributed by atoms with Crippen molar-refractivity contribution in [2.24, 2.45) is 0 Å². The van der Waals surface area contributed by atoms with Crippen LogP contribution in [0.15, 0.2) is 82.7 Å². The second-order valence-corrected chi connectivity index (χ2v) is 8.13. The van der Waals surface area contributed by atoms with Gasteiger partial charge in [-0.3, -0.25) is 14.2 Å². The van der Waals surface area contributed by atoms with Gasteiger partial charge < -0.3 is 5.32 Å². The summed E-state index contributed by atoms with van der Waals surface area (Å²) in [6, 6.07) is 22.0. The molecule has 2 aromatic heterocycles. The standard InChI is InChI=1S/C22H15N5O2S2/c28-19(23-17-11-6-12-18-20(17)26-31-25-18)13-30-22-24-16-10-5-4-9-15(16)21(29)27(22)14-7-2-1-3-8-14/h1-12H,13H2,(H,23,28). The molecule has 0 aliphatic rings.